The first-order chi connectivity index (χ1) is 21.0. The summed E-state index contributed by atoms with van der Waals surface area (Å²) in [6.07, 6.45) is -1.58. The van der Waals surface area contributed by atoms with E-state index in [-0.39, 0.29) is 40.5 Å². The molecule has 1 aliphatic heterocycles. The predicted octanol–water partition coefficient (Wildman–Crippen LogP) is 4.68. The molecular formula is C31H27ClF3N5O4. The van der Waals surface area contributed by atoms with E-state index in [0.29, 0.717) is 0 Å². The summed E-state index contributed by atoms with van der Waals surface area (Å²) in [6, 6.07) is 12.1. The summed E-state index contributed by atoms with van der Waals surface area (Å²) in [5, 5.41) is 22.8. The van der Waals surface area contributed by atoms with Gasteiger partial charge in [0.05, 0.1) is 11.6 Å². The quantitative estimate of drug-likeness (QED) is 0.393. The second-order valence-electron chi connectivity index (χ2n) is 10.7. The van der Waals surface area contributed by atoms with Crippen LogP contribution in [0.4, 0.5) is 24.7 Å². The lowest BCUT2D eigenvalue weighted by molar-refractivity contribution is -0.128. The summed E-state index contributed by atoms with van der Waals surface area (Å²) in [5.74, 6) is -6.14. The van der Waals surface area contributed by atoms with E-state index in [9.17, 15) is 37.9 Å². The van der Waals surface area contributed by atoms with Gasteiger partial charge in [0, 0.05) is 47.8 Å². The SMILES string of the molecule is N#Cc1ccnc(N2C(=O)C(O)CC2C(=O)N(c2cccc(F)c2)C(C(=O)NC2CCC(F)(F)CC2)c2ccccc2Cl)c1. The first kappa shape index (κ1) is 31.0. The van der Waals surface area contributed by atoms with Crippen molar-refractivity contribution in [1.29, 1.82) is 5.26 Å². The van der Waals surface area contributed by atoms with Crippen molar-refractivity contribution in [2.24, 2.45) is 0 Å². The zero-order valence-corrected chi connectivity index (χ0v) is 23.9. The summed E-state index contributed by atoms with van der Waals surface area (Å²) >= 11 is 6.54. The maximum Gasteiger partial charge on any atom is 0.257 e. The van der Waals surface area contributed by atoms with Crippen molar-refractivity contribution in [3.63, 3.8) is 0 Å². The predicted molar refractivity (Wildman–Crippen MR) is 154 cm³/mol. The standard InChI is InChI=1S/C31H27ClF3N5O4/c32-23-7-2-1-6-22(23)27(28(42)38-20-8-11-31(34,35)12-9-20)39(21-5-3-4-19(33)15-21)29(43)24-16-25(41)30(44)40(24)26-14-18(17-36)10-13-37-26/h1-7,10,13-15,20,24-25,27,41H,8-9,11-12,16H2,(H,38,42). The van der Waals surface area contributed by atoms with Gasteiger partial charge < -0.3 is 10.4 Å². The molecule has 0 radical (unpaired) electrons. The van der Waals surface area contributed by atoms with Crippen molar-refractivity contribution < 1.29 is 32.7 Å². The van der Waals surface area contributed by atoms with E-state index in [1.807, 2.05) is 6.07 Å². The number of nitrogens with one attached hydrogen (secondary N) is 1. The van der Waals surface area contributed by atoms with Gasteiger partial charge in [0.1, 0.15) is 29.8 Å². The van der Waals surface area contributed by atoms with Gasteiger partial charge in [-0.2, -0.15) is 5.26 Å². The number of hydrogen-bond acceptors (Lipinski definition) is 6. The highest BCUT2D eigenvalue weighted by atomic mass is 35.5. The van der Waals surface area contributed by atoms with Crippen LogP contribution in [0.15, 0.2) is 66.9 Å². The molecule has 1 saturated heterocycles. The molecule has 3 unspecified atom stereocenters. The number of rotatable bonds is 7. The van der Waals surface area contributed by atoms with Crippen LogP contribution in [-0.2, 0) is 14.4 Å². The zero-order valence-electron chi connectivity index (χ0n) is 23.2. The Hall–Kier alpha value is -4.47. The van der Waals surface area contributed by atoms with E-state index in [4.69, 9.17) is 11.6 Å². The van der Waals surface area contributed by atoms with Crippen molar-refractivity contribution in [3.8, 4) is 6.07 Å². The summed E-state index contributed by atoms with van der Waals surface area (Å²) in [4.78, 5) is 47.9. The van der Waals surface area contributed by atoms with Crippen LogP contribution in [0.5, 0.6) is 0 Å². The number of anilines is 2. The maximum atomic E-state index is 14.6. The Bertz CT molecular complexity index is 1620. The number of aliphatic hydroxyl groups excluding tert-OH is 1. The van der Waals surface area contributed by atoms with Gasteiger partial charge in [-0.15, -0.1) is 0 Å². The number of amides is 3. The summed E-state index contributed by atoms with van der Waals surface area (Å²) in [5.41, 5.74) is 0.243. The minimum Gasteiger partial charge on any atom is -0.383 e. The molecule has 2 heterocycles. The highest BCUT2D eigenvalue weighted by Gasteiger charge is 2.48. The molecular weight excluding hydrogens is 599 g/mol. The molecule has 3 atom stereocenters. The van der Waals surface area contributed by atoms with Crippen LogP contribution in [0.2, 0.25) is 5.02 Å². The van der Waals surface area contributed by atoms with E-state index in [0.717, 1.165) is 21.9 Å². The molecule has 2 aliphatic rings. The number of pyridine rings is 1. The van der Waals surface area contributed by atoms with Gasteiger partial charge >= 0.3 is 0 Å². The smallest absolute Gasteiger partial charge is 0.257 e. The Morgan fingerprint density at radius 1 is 1.14 bits per heavy atom. The molecule has 5 rings (SSSR count). The van der Waals surface area contributed by atoms with Crippen molar-refractivity contribution in [2.45, 2.75) is 62.3 Å². The Morgan fingerprint density at radius 2 is 1.86 bits per heavy atom. The number of carbonyl (C=O) groups is 3. The average molecular weight is 626 g/mol. The van der Waals surface area contributed by atoms with E-state index in [1.54, 1.807) is 12.1 Å². The molecule has 0 spiro atoms. The van der Waals surface area contributed by atoms with E-state index in [2.05, 4.69) is 10.3 Å². The molecule has 1 saturated carbocycles. The van der Waals surface area contributed by atoms with Gasteiger partial charge in [-0.1, -0.05) is 35.9 Å². The third-order valence-corrected chi connectivity index (χ3v) is 8.13. The fourth-order valence-corrected chi connectivity index (χ4v) is 5.82. The number of aliphatic hydroxyl groups is 1. The van der Waals surface area contributed by atoms with Gasteiger partial charge in [-0.25, -0.2) is 18.2 Å². The second kappa shape index (κ2) is 12.6. The maximum absolute atomic E-state index is 14.6. The Balaban J connectivity index is 1.61. The third-order valence-electron chi connectivity index (χ3n) is 7.78. The van der Waals surface area contributed by atoms with Crippen LogP contribution < -0.4 is 15.1 Å². The lowest BCUT2D eigenvalue weighted by Crippen LogP contribution is -2.53. The number of alkyl halides is 2. The molecule has 1 aliphatic carbocycles. The number of nitrogens with zero attached hydrogens (tertiary/aromatic N) is 4. The van der Waals surface area contributed by atoms with Gasteiger partial charge in [0.25, 0.3) is 11.8 Å². The zero-order chi connectivity index (χ0) is 31.6. The first-order valence-electron chi connectivity index (χ1n) is 13.9. The van der Waals surface area contributed by atoms with Crippen molar-refractivity contribution in [1.82, 2.24) is 10.3 Å². The Kier molecular flexibility index (Phi) is 8.90. The first-order valence-corrected chi connectivity index (χ1v) is 14.3. The largest absolute Gasteiger partial charge is 0.383 e. The molecule has 2 fully saturated rings. The van der Waals surface area contributed by atoms with Gasteiger partial charge in [-0.3, -0.25) is 24.2 Å². The van der Waals surface area contributed by atoms with E-state index in [1.165, 1.54) is 42.6 Å². The van der Waals surface area contributed by atoms with Crippen molar-refractivity contribution in [2.75, 3.05) is 9.80 Å². The lowest BCUT2D eigenvalue weighted by atomic mass is 9.91. The molecule has 13 heteroatoms. The van der Waals surface area contributed by atoms with Crippen molar-refractivity contribution >= 4 is 40.8 Å². The van der Waals surface area contributed by atoms with Gasteiger partial charge in [0.15, 0.2) is 0 Å². The fraction of sp³-hybridized carbons (Fsp3) is 0.323. The number of aromatic nitrogens is 1. The minimum atomic E-state index is -2.84. The van der Waals surface area contributed by atoms with Crippen LogP contribution in [0.3, 0.4) is 0 Å². The minimum absolute atomic E-state index is 0.000106. The molecule has 1 aromatic heterocycles. The number of halogens is 4. The molecule has 3 aromatic rings. The molecule has 0 bridgehead atoms. The summed E-state index contributed by atoms with van der Waals surface area (Å²) in [7, 11) is 0. The molecule has 9 nitrogen and oxygen atoms in total. The molecule has 44 heavy (non-hydrogen) atoms. The van der Waals surface area contributed by atoms with Crippen LogP contribution in [0.1, 0.15) is 49.3 Å². The number of hydrogen-bond donors (Lipinski definition) is 2. The van der Waals surface area contributed by atoms with Crippen LogP contribution >= 0.6 is 11.6 Å². The Morgan fingerprint density at radius 3 is 2.55 bits per heavy atom. The number of benzene rings is 2. The second-order valence-corrected chi connectivity index (χ2v) is 11.1. The molecule has 228 valence electrons. The average Bonchev–Trinajstić information content (AvgIpc) is 3.30. The normalized spacial score (nSPS) is 20.5. The summed E-state index contributed by atoms with van der Waals surface area (Å²) in [6.45, 7) is 0. The topological polar surface area (TPSA) is 127 Å². The number of carbonyl (C=O) groups excluding carboxylic acids is 3. The molecule has 2 N–H and O–H groups in total. The van der Waals surface area contributed by atoms with Crippen LogP contribution in [0, 0.1) is 17.1 Å². The summed E-state index contributed by atoms with van der Waals surface area (Å²) < 4.78 is 42.3. The fourth-order valence-electron chi connectivity index (χ4n) is 5.58. The van der Waals surface area contributed by atoms with Gasteiger partial charge in [0.2, 0.25) is 11.8 Å². The van der Waals surface area contributed by atoms with Crippen LogP contribution in [0.25, 0.3) is 0 Å². The van der Waals surface area contributed by atoms with Crippen LogP contribution in [-0.4, -0.2) is 51.9 Å². The lowest BCUT2D eigenvalue weighted by Gasteiger charge is -2.37. The van der Waals surface area contributed by atoms with Crippen molar-refractivity contribution in [3.05, 3.63) is 88.8 Å². The van der Waals surface area contributed by atoms with E-state index >= 15 is 0 Å². The molecule has 2 aromatic carbocycles. The highest BCUT2D eigenvalue weighted by molar-refractivity contribution is 6.31. The Labute approximate surface area is 255 Å². The highest BCUT2D eigenvalue weighted by Crippen LogP contribution is 2.37. The monoisotopic (exact) mass is 625 g/mol. The van der Waals surface area contributed by atoms with Gasteiger partial charge in [-0.05, 0) is 49.2 Å². The van der Waals surface area contributed by atoms with E-state index < -0.39 is 73.0 Å². The molecule has 3 amide bonds. The third kappa shape index (κ3) is 6.39. The number of nitriles is 1.